The second-order valence-electron chi connectivity index (χ2n) is 3.03. The highest BCUT2D eigenvalue weighted by molar-refractivity contribution is 5.36. The number of ether oxygens (including phenoxy) is 1. The highest BCUT2D eigenvalue weighted by Gasteiger charge is 2.23. The fourth-order valence-electron chi connectivity index (χ4n) is 1.05. The fraction of sp³-hybridized carbons (Fsp3) is 0.500. The Labute approximate surface area is 70.8 Å². The number of nitrogens with zero attached hydrogens (tertiary/aromatic N) is 2. The molecule has 64 valence electrons. The Morgan fingerprint density at radius 3 is 2.83 bits per heavy atom. The van der Waals surface area contributed by atoms with Crippen LogP contribution in [0.2, 0.25) is 0 Å². The van der Waals surface area contributed by atoms with E-state index in [1.54, 1.807) is 6.20 Å². The number of hydrogen-bond acceptors (Lipinski definition) is 4. The van der Waals surface area contributed by atoms with Gasteiger partial charge < -0.3 is 10.5 Å². The summed E-state index contributed by atoms with van der Waals surface area (Å²) < 4.78 is 5.04. The molecule has 0 spiro atoms. The summed E-state index contributed by atoms with van der Waals surface area (Å²) in [6.45, 7) is 3.35. The summed E-state index contributed by atoms with van der Waals surface area (Å²) in [6.07, 6.45) is 1.76. The van der Waals surface area contributed by atoms with Crippen molar-refractivity contribution in [2.45, 2.75) is 12.8 Å². The van der Waals surface area contributed by atoms with E-state index in [1.165, 1.54) is 0 Å². The molecule has 2 rings (SSSR count). The van der Waals surface area contributed by atoms with Crippen molar-refractivity contribution in [3.8, 4) is 0 Å². The topological polar surface area (TPSA) is 61.0 Å². The normalized spacial score (nSPS) is 17.4. The molecule has 0 saturated carbocycles. The molecule has 0 atom stereocenters. The average molecular weight is 165 g/mol. The van der Waals surface area contributed by atoms with Gasteiger partial charge in [-0.2, -0.15) is 0 Å². The van der Waals surface area contributed by atoms with Gasteiger partial charge in [-0.1, -0.05) is 0 Å². The minimum atomic E-state index is 0.355. The molecule has 4 heteroatoms. The third kappa shape index (κ3) is 1.14. The van der Waals surface area contributed by atoms with Crippen LogP contribution < -0.4 is 5.73 Å². The second kappa shape index (κ2) is 2.71. The van der Waals surface area contributed by atoms with Crippen LogP contribution in [0.1, 0.15) is 17.3 Å². The molecule has 0 amide bonds. The molecular formula is C8H11N3O. The third-order valence-corrected chi connectivity index (χ3v) is 2.03. The maximum atomic E-state index is 5.65. The van der Waals surface area contributed by atoms with E-state index in [0.29, 0.717) is 11.7 Å². The van der Waals surface area contributed by atoms with E-state index >= 15 is 0 Å². The van der Waals surface area contributed by atoms with Crippen molar-refractivity contribution < 1.29 is 4.74 Å². The number of aromatic nitrogens is 2. The van der Waals surface area contributed by atoms with Gasteiger partial charge >= 0.3 is 0 Å². The monoisotopic (exact) mass is 165 g/mol. The first-order valence-corrected chi connectivity index (χ1v) is 3.94. The van der Waals surface area contributed by atoms with Crippen molar-refractivity contribution >= 4 is 5.82 Å². The highest BCUT2D eigenvalue weighted by Crippen LogP contribution is 2.21. The molecule has 0 unspecified atom stereocenters. The predicted molar refractivity (Wildman–Crippen MR) is 44.7 cm³/mol. The molecule has 2 heterocycles. The number of anilines is 1. The van der Waals surface area contributed by atoms with Gasteiger partial charge in [-0.25, -0.2) is 9.97 Å². The maximum absolute atomic E-state index is 5.65. The predicted octanol–water partition coefficient (Wildman–Crippen LogP) is 0.481. The zero-order valence-corrected chi connectivity index (χ0v) is 6.95. The molecule has 1 aliphatic rings. The molecule has 1 saturated heterocycles. The Kier molecular flexibility index (Phi) is 1.69. The van der Waals surface area contributed by atoms with Crippen LogP contribution in [0, 0.1) is 6.92 Å². The standard InChI is InChI=1S/C8H11N3O/c1-5-2-10-8(11-7(5)9)6-3-12-4-6/h2,6H,3-4H2,1H3,(H2,9,10,11). The van der Waals surface area contributed by atoms with Gasteiger partial charge in [-0.3, -0.25) is 0 Å². The van der Waals surface area contributed by atoms with Crippen molar-refractivity contribution in [3.63, 3.8) is 0 Å². The summed E-state index contributed by atoms with van der Waals surface area (Å²) in [5, 5.41) is 0. The molecule has 0 bridgehead atoms. The SMILES string of the molecule is Cc1cnc(C2COC2)nc1N. The Hall–Kier alpha value is -1.16. The van der Waals surface area contributed by atoms with Crippen molar-refractivity contribution in [3.05, 3.63) is 17.6 Å². The quantitative estimate of drug-likeness (QED) is 0.657. The minimum absolute atomic E-state index is 0.355. The Morgan fingerprint density at radius 1 is 1.58 bits per heavy atom. The van der Waals surface area contributed by atoms with Gasteiger partial charge in [0.05, 0.1) is 19.1 Å². The van der Waals surface area contributed by atoms with E-state index in [-0.39, 0.29) is 0 Å². The second-order valence-corrected chi connectivity index (χ2v) is 3.03. The first kappa shape index (κ1) is 7.49. The van der Waals surface area contributed by atoms with Crippen LogP contribution in [0.5, 0.6) is 0 Å². The zero-order chi connectivity index (χ0) is 8.55. The molecule has 0 aliphatic carbocycles. The van der Waals surface area contributed by atoms with Crippen LogP contribution >= 0.6 is 0 Å². The number of hydrogen-bond donors (Lipinski definition) is 1. The highest BCUT2D eigenvalue weighted by atomic mass is 16.5. The summed E-state index contributed by atoms with van der Waals surface area (Å²) in [4.78, 5) is 8.37. The summed E-state index contributed by atoms with van der Waals surface area (Å²) in [5.74, 6) is 1.74. The van der Waals surface area contributed by atoms with Gasteiger partial charge in [0.1, 0.15) is 11.6 Å². The fourth-order valence-corrected chi connectivity index (χ4v) is 1.05. The molecule has 1 aromatic heterocycles. The van der Waals surface area contributed by atoms with Gasteiger partial charge in [-0.05, 0) is 6.92 Å². The molecule has 4 nitrogen and oxygen atoms in total. The zero-order valence-electron chi connectivity index (χ0n) is 6.95. The molecule has 1 aliphatic heterocycles. The minimum Gasteiger partial charge on any atom is -0.383 e. The van der Waals surface area contributed by atoms with Crippen LogP contribution in [-0.4, -0.2) is 23.2 Å². The Morgan fingerprint density at radius 2 is 2.33 bits per heavy atom. The first-order chi connectivity index (χ1) is 5.77. The maximum Gasteiger partial charge on any atom is 0.138 e. The van der Waals surface area contributed by atoms with Crippen LogP contribution in [0.25, 0.3) is 0 Å². The summed E-state index contributed by atoms with van der Waals surface area (Å²) in [5.41, 5.74) is 6.57. The largest absolute Gasteiger partial charge is 0.383 e. The van der Waals surface area contributed by atoms with Gasteiger partial charge in [-0.15, -0.1) is 0 Å². The molecule has 0 radical (unpaired) electrons. The van der Waals surface area contributed by atoms with Crippen molar-refractivity contribution in [2.24, 2.45) is 0 Å². The summed E-state index contributed by atoms with van der Waals surface area (Å²) in [6, 6.07) is 0. The van der Waals surface area contributed by atoms with E-state index in [4.69, 9.17) is 10.5 Å². The average Bonchev–Trinajstić information content (AvgIpc) is 1.93. The Balaban J connectivity index is 2.27. The lowest BCUT2D eigenvalue weighted by Gasteiger charge is -2.24. The van der Waals surface area contributed by atoms with Gasteiger partial charge in [0, 0.05) is 11.8 Å². The van der Waals surface area contributed by atoms with Crippen LogP contribution in [0.4, 0.5) is 5.82 Å². The van der Waals surface area contributed by atoms with E-state index in [0.717, 1.165) is 24.6 Å². The van der Waals surface area contributed by atoms with Crippen LogP contribution in [0.3, 0.4) is 0 Å². The third-order valence-electron chi connectivity index (χ3n) is 2.03. The van der Waals surface area contributed by atoms with Crippen LogP contribution in [0.15, 0.2) is 6.20 Å². The lowest BCUT2D eigenvalue weighted by Crippen LogP contribution is -2.27. The van der Waals surface area contributed by atoms with Crippen LogP contribution in [-0.2, 0) is 4.74 Å². The smallest absolute Gasteiger partial charge is 0.138 e. The lowest BCUT2D eigenvalue weighted by molar-refractivity contribution is 0.00490. The van der Waals surface area contributed by atoms with E-state index in [9.17, 15) is 0 Å². The first-order valence-electron chi connectivity index (χ1n) is 3.94. The molecular weight excluding hydrogens is 154 g/mol. The molecule has 1 aromatic rings. The van der Waals surface area contributed by atoms with Gasteiger partial charge in [0.15, 0.2) is 0 Å². The van der Waals surface area contributed by atoms with Gasteiger partial charge in [0.25, 0.3) is 0 Å². The van der Waals surface area contributed by atoms with Crippen molar-refractivity contribution in [1.82, 2.24) is 9.97 Å². The molecule has 12 heavy (non-hydrogen) atoms. The molecule has 2 N–H and O–H groups in total. The number of nitrogen functional groups attached to an aromatic ring is 1. The summed E-state index contributed by atoms with van der Waals surface area (Å²) in [7, 11) is 0. The number of aryl methyl sites for hydroxylation is 1. The van der Waals surface area contributed by atoms with Crippen molar-refractivity contribution in [2.75, 3.05) is 18.9 Å². The van der Waals surface area contributed by atoms with E-state index < -0.39 is 0 Å². The molecule has 1 fully saturated rings. The number of nitrogens with two attached hydrogens (primary N) is 1. The van der Waals surface area contributed by atoms with Crippen molar-refractivity contribution in [1.29, 1.82) is 0 Å². The number of rotatable bonds is 1. The summed E-state index contributed by atoms with van der Waals surface area (Å²) >= 11 is 0. The van der Waals surface area contributed by atoms with Gasteiger partial charge in [0.2, 0.25) is 0 Å². The Bertz CT molecular complexity index is 296. The van der Waals surface area contributed by atoms with E-state index in [1.807, 2.05) is 6.92 Å². The lowest BCUT2D eigenvalue weighted by atomic mass is 10.1. The molecule has 0 aromatic carbocycles. The van der Waals surface area contributed by atoms with E-state index in [2.05, 4.69) is 9.97 Å².